The van der Waals surface area contributed by atoms with Crippen LogP contribution in [-0.2, 0) is 9.53 Å². The second-order valence-electron chi connectivity index (χ2n) is 5.71. The first-order chi connectivity index (χ1) is 13.8. The van der Waals surface area contributed by atoms with Gasteiger partial charge in [-0.2, -0.15) is 8.78 Å². The molecule has 0 aliphatic rings. The zero-order valence-electron chi connectivity index (χ0n) is 16.1. The number of nitrogens with one attached hydrogen (secondary N) is 1. The molecule has 0 aromatic heterocycles. The van der Waals surface area contributed by atoms with Crippen LogP contribution in [0.15, 0.2) is 42.5 Å². The lowest BCUT2D eigenvalue weighted by Crippen LogP contribution is -2.30. The van der Waals surface area contributed by atoms with E-state index in [-0.39, 0.29) is 11.3 Å². The number of esters is 1. The van der Waals surface area contributed by atoms with Gasteiger partial charge in [-0.15, -0.1) is 0 Å². The van der Waals surface area contributed by atoms with Crippen molar-refractivity contribution < 1.29 is 37.3 Å². The molecule has 1 amide bonds. The number of hydrogen-bond acceptors (Lipinski definition) is 6. The van der Waals surface area contributed by atoms with Crippen LogP contribution in [0, 0.1) is 0 Å². The number of carbonyl (C=O) groups excluding carboxylic acids is 2. The summed E-state index contributed by atoms with van der Waals surface area (Å²) in [5.41, 5.74) is 0.190. The zero-order chi connectivity index (χ0) is 21.4. The number of alkyl halides is 2. The van der Waals surface area contributed by atoms with Crippen molar-refractivity contribution in [1.82, 2.24) is 0 Å². The number of rotatable bonds is 9. The minimum absolute atomic E-state index is 0.0637. The summed E-state index contributed by atoms with van der Waals surface area (Å²) in [6.07, 6.45) is -1.19. The van der Waals surface area contributed by atoms with Gasteiger partial charge in [0, 0.05) is 5.69 Å². The lowest BCUT2D eigenvalue weighted by Gasteiger charge is -2.16. The summed E-state index contributed by atoms with van der Waals surface area (Å²) < 4.78 is 45.1. The van der Waals surface area contributed by atoms with Crippen LogP contribution in [-0.4, -0.2) is 38.3 Å². The van der Waals surface area contributed by atoms with Gasteiger partial charge in [0.1, 0.15) is 11.3 Å². The van der Waals surface area contributed by atoms with E-state index in [1.165, 1.54) is 32.2 Å². The predicted octanol–water partition coefficient (Wildman–Crippen LogP) is 3.88. The monoisotopic (exact) mass is 409 g/mol. The molecule has 9 heteroatoms. The molecule has 0 radical (unpaired) electrons. The van der Waals surface area contributed by atoms with Gasteiger partial charge in [-0.05, 0) is 50.2 Å². The van der Waals surface area contributed by atoms with E-state index in [0.717, 1.165) is 0 Å². The Hall–Kier alpha value is -3.36. The standard InChI is InChI=1S/C20H21F2NO6/c1-4-27-14-10-8-13(9-11-14)23-18(24)12(2)28-19(25)15-6-5-7-16(26-3)17(15)29-20(21)22/h5-12,20H,4H2,1-3H3,(H,23,24). The van der Waals surface area contributed by atoms with Crippen molar-refractivity contribution in [2.75, 3.05) is 19.0 Å². The Kier molecular flexibility index (Phi) is 7.76. The molecule has 7 nitrogen and oxygen atoms in total. The Balaban J connectivity index is 2.07. The van der Waals surface area contributed by atoms with Gasteiger partial charge in [-0.25, -0.2) is 4.79 Å². The van der Waals surface area contributed by atoms with Crippen molar-refractivity contribution in [2.24, 2.45) is 0 Å². The van der Waals surface area contributed by atoms with E-state index in [2.05, 4.69) is 10.1 Å². The average Bonchev–Trinajstić information content (AvgIpc) is 2.69. The number of anilines is 1. The number of para-hydroxylation sites is 1. The van der Waals surface area contributed by atoms with E-state index in [1.54, 1.807) is 24.3 Å². The molecule has 0 heterocycles. The summed E-state index contributed by atoms with van der Waals surface area (Å²) in [5, 5.41) is 2.59. The third-order valence-electron chi connectivity index (χ3n) is 3.71. The average molecular weight is 409 g/mol. The summed E-state index contributed by atoms with van der Waals surface area (Å²) in [7, 11) is 1.25. The number of hydrogen-bond donors (Lipinski definition) is 1. The Labute approximate surface area is 166 Å². The van der Waals surface area contributed by atoms with Crippen molar-refractivity contribution in [2.45, 2.75) is 26.6 Å². The number of amides is 1. The molecule has 0 saturated carbocycles. The van der Waals surface area contributed by atoms with Crippen LogP contribution in [0.4, 0.5) is 14.5 Å². The van der Waals surface area contributed by atoms with Crippen molar-refractivity contribution in [1.29, 1.82) is 0 Å². The summed E-state index contributed by atoms with van der Waals surface area (Å²) >= 11 is 0. The fraction of sp³-hybridized carbons (Fsp3) is 0.300. The van der Waals surface area contributed by atoms with Crippen molar-refractivity contribution in [3.05, 3.63) is 48.0 Å². The first kappa shape index (κ1) is 21.9. The van der Waals surface area contributed by atoms with E-state index in [4.69, 9.17) is 14.2 Å². The first-order valence-electron chi connectivity index (χ1n) is 8.72. The maximum atomic E-state index is 12.7. The number of carbonyl (C=O) groups is 2. The minimum atomic E-state index is -3.17. The van der Waals surface area contributed by atoms with Gasteiger partial charge in [0.05, 0.1) is 13.7 Å². The largest absolute Gasteiger partial charge is 0.494 e. The molecule has 2 aromatic carbocycles. The molecular formula is C20H21F2NO6. The summed E-state index contributed by atoms with van der Waals surface area (Å²) in [4.78, 5) is 24.7. The third-order valence-corrected chi connectivity index (χ3v) is 3.71. The van der Waals surface area contributed by atoms with Crippen molar-refractivity contribution in [3.63, 3.8) is 0 Å². The Morgan fingerprint density at radius 1 is 1.10 bits per heavy atom. The van der Waals surface area contributed by atoms with Gasteiger partial charge < -0.3 is 24.3 Å². The van der Waals surface area contributed by atoms with Crippen LogP contribution in [0.5, 0.6) is 17.2 Å². The van der Waals surface area contributed by atoms with Crippen LogP contribution in [0.1, 0.15) is 24.2 Å². The smallest absolute Gasteiger partial charge is 0.387 e. The Bertz CT molecular complexity index is 841. The van der Waals surface area contributed by atoms with E-state index in [0.29, 0.717) is 18.0 Å². The fourth-order valence-corrected chi connectivity index (χ4v) is 2.37. The van der Waals surface area contributed by atoms with E-state index in [9.17, 15) is 18.4 Å². The number of ether oxygens (including phenoxy) is 4. The normalized spacial score (nSPS) is 11.5. The van der Waals surface area contributed by atoms with Gasteiger partial charge >= 0.3 is 12.6 Å². The summed E-state index contributed by atoms with van der Waals surface area (Å²) in [5.74, 6) is -1.48. The summed E-state index contributed by atoms with van der Waals surface area (Å²) in [6.45, 7) is 0.556. The summed E-state index contributed by atoms with van der Waals surface area (Å²) in [6, 6.07) is 10.6. The van der Waals surface area contributed by atoms with E-state index >= 15 is 0 Å². The minimum Gasteiger partial charge on any atom is -0.494 e. The predicted molar refractivity (Wildman–Crippen MR) is 101 cm³/mol. The molecule has 0 saturated heterocycles. The Morgan fingerprint density at radius 3 is 2.38 bits per heavy atom. The highest BCUT2D eigenvalue weighted by atomic mass is 19.3. The lowest BCUT2D eigenvalue weighted by molar-refractivity contribution is -0.123. The SMILES string of the molecule is CCOc1ccc(NC(=O)C(C)OC(=O)c2cccc(OC)c2OC(F)F)cc1. The molecule has 1 unspecified atom stereocenters. The highest BCUT2D eigenvalue weighted by Crippen LogP contribution is 2.33. The highest BCUT2D eigenvalue weighted by molar-refractivity contribution is 5.98. The van der Waals surface area contributed by atoms with Gasteiger partial charge in [0.25, 0.3) is 5.91 Å². The van der Waals surface area contributed by atoms with Crippen LogP contribution in [0.25, 0.3) is 0 Å². The molecule has 2 rings (SSSR count). The zero-order valence-corrected chi connectivity index (χ0v) is 16.1. The second-order valence-corrected chi connectivity index (χ2v) is 5.71. The Morgan fingerprint density at radius 2 is 1.79 bits per heavy atom. The molecule has 156 valence electrons. The maximum Gasteiger partial charge on any atom is 0.387 e. The molecule has 0 aliphatic heterocycles. The molecule has 1 N–H and O–H groups in total. The number of benzene rings is 2. The van der Waals surface area contributed by atoms with Gasteiger partial charge in [0.2, 0.25) is 0 Å². The molecule has 2 aromatic rings. The topological polar surface area (TPSA) is 83.1 Å². The molecule has 0 bridgehead atoms. The van der Waals surface area contributed by atoms with Crippen LogP contribution >= 0.6 is 0 Å². The number of halogens is 2. The van der Waals surface area contributed by atoms with Crippen molar-refractivity contribution in [3.8, 4) is 17.2 Å². The molecular weight excluding hydrogens is 388 g/mol. The fourth-order valence-electron chi connectivity index (χ4n) is 2.37. The third kappa shape index (κ3) is 6.06. The molecule has 29 heavy (non-hydrogen) atoms. The molecule has 0 fully saturated rings. The highest BCUT2D eigenvalue weighted by Gasteiger charge is 2.25. The van der Waals surface area contributed by atoms with Gasteiger partial charge in [-0.3, -0.25) is 4.79 Å². The quantitative estimate of drug-likeness (QED) is 0.633. The second kappa shape index (κ2) is 10.3. The first-order valence-corrected chi connectivity index (χ1v) is 8.72. The number of methoxy groups -OCH3 is 1. The maximum absolute atomic E-state index is 12.7. The van der Waals surface area contributed by atoms with E-state index in [1.807, 2.05) is 6.92 Å². The van der Waals surface area contributed by atoms with Crippen LogP contribution in [0.2, 0.25) is 0 Å². The molecule has 0 spiro atoms. The van der Waals surface area contributed by atoms with Gasteiger partial charge in [-0.1, -0.05) is 6.07 Å². The van der Waals surface area contributed by atoms with Crippen LogP contribution in [0.3, 0.4) is 0 Å². The van der Waals surface area contributed by atoms with Crippen LogP contribution < -0.4 is 19.5 Å². The van der Waals surface area contributed by atoms with E-state index < -0.39 is 30.3 Å². The van der Waals surface area contributed by atoms with Crippen molar-refractivity contribution >= 4 is 17.6 Å². The molecule has 1 atom stereocenters. The van der Waals surface area contributed by atoms with Gasteiger partial charge in [0.15, 0.2) is 17.6 Å². The lowest BCUT2D eigenvalue weighted by atomic mass is 10.2. The molecule has 0 aliphatic carbocycles.